The zero-order valence-corrected chi connectivity index (χ0v) is 12.9. The van der Waals surface area contributed by atoms with E-state index < -0.39 is 0 Å². The predicted octanol–water partition coefficient (Wildman–Crippen LogP) is 3.57. The molecule has 0 aromatic carbocycles. The van der Waals surface area contributed by atoms with Gasteiger partial charge >= 0.3 is 0 Å². The molecule has 1 rings (SSSR count). The molecule has 0 bridgehead atoms. The van der Waals surface area contributed by atoms with Crippen LogP contribution in [0.25, 0.3) is 0 Å². The summed E-state index contributed by atoms with van der Waals surface area (Å²) in [4.78, 5) is 0. The van der Waals surface area contributed by atoms with E-state index in [-0.39, 0.29) is 0 Å². The quantitative estimate of drug-likeness (QED) is 0.615. The molecular weight excluding hydrogens is 220 g/mol. The van der Waals surface area contributed by atoms with Crippen molar-refractivity contribution in [1.82, 2.24) is 10.6 Å². The highest BCUT2D eigenvalue weighted by Crippen LogP contribution is 2.30. The van der Waals surface area contributed by atoms with E-state index in [1.165, 1.54) is 71.1 Å². The number of hydrogen-bond donors (Lipinski definition) is 2. The zero-order chi connectivity index (χ0) is 13.3. The molecule has 1 saturated heterocycles. The summed E-state index contributed by atoms with van der Waals surface area (Å²) in [5.74, 6) is 0.860. The summed E-state index contributed by atoms with van der Waals surface area (Å²) in [5.41, 5.74) is 0.547. The fourth-order valence-electron chi connectivity index (χ4n) is 3.17. The lowest BCUT2D eigenvalue weighted by Gasteiger charge is -2.38. The Morgan fingerprint density at radius 3 is 2.72 bits per heavy atom. The van der Waals surface area contributed by atoms with E-state index in [2.05, 4.69) is 31.4 Å². The van der Waals surface area contributed by atoms with Gasteiger partial charge in [0.15, 0.2) is 0 Å². The predicted molar refractivity (Wildman–Crippen MR) is 81.0 cm³/mol. The molecule has 2 N–H and O–H groups in total. The Balaban J connectivity index is 2.13. The first-order chi connectivity index (χ1) is 8.68. The van der Waals surface area contributed by atoms with Gasteiger partial charge in [-0.25, -0.2) is 0 Å². The first-order valence-electron chi connectivity index (χ1n) is 8.10. The summed E-state index contributed by atoms with van der Waals surface area (Å²) in [6.07, 6.45) is 9.55. The van der Waals surface area contributed by atoms with Crippen LogP contribution in [0.5, 0.6) is 0 Å². The Kier molecular flexibility index (Phi) is 7.92. The minimum atomic E-state index is 0.547. The van der Waals surface area contributed by atoms with Gasteiger partial charge in [-0.15, -0.1) is 0 Å². The van der Waals surface area contributed by atoms with Gasteiger partial charge in [0, 0.05) is 13.1 Å². The second-order valence-electron chi connectivity index (χ2n) is 6.60. The van der Waals surface area contributed by atoms with E-state index in [9.17, 15) is 0 Å². The second-order valence-corrected chi connectivity index (χ2v) is 6.60. The Morgan fingerprint density at radius 1 is 1.28 bits per heavy atom. The van der Waals surface area contributed by atoms with Crippen LogP contribution >= 0.6 is 0 Å². The van der Waals surface area contributed by atoms with Crippen LogP contribution in [0, 0.1) is 11.3 Å². The molecule has 0 aliphatic carbocycles. The van der Waals surface area contributed by atoms with E-state index >= 15 is 0 Å². The highest BCUT2D eigenvalue weighted by molar-refractivity contribution is 4.87. The van der Waals surface area contributed by atoms with Crippen LogP contribution < -0.4 is 10.6 Å². The summed E-state index contributed by atoms with van der Waals surface area (Å²) < 4.78 is 0. The van der Waals surface area contributed by atoms with Crippen molar-refractivity contribution in [3.63, 3.8) is 0 Å². The SMILES string of the molecule is CCCC1(CNCCCCC(C)C)CCCNC1. The van der Waals surface area contributed by atoms with Crippen LogP contribution in [-0.2, 0) is 0 Å². The number of unbranched alkanes of at least 4 members (excludes halogenated alkanes) is 1. The highest BCUT2D eigenvalue weighted by Gasteiger charge is 2.30. The van der Waals surface area contributed by atoms with Crippen LogP contribution in [0.3, 0.4) is 0 Å². The highest BCUT2D eigenvalue weighted by atomic mass is 14.9. The fraction of sp³-hybridized carbons (Fsp3) is 1.00. The topological polar surface area (TPSA) is 24.1 Å². The maximum Gasteiger partial charge on any atom is 0.00200 e. The van der Waals surface area contributed by atoms with E-state index in [0.29, 0.717) is 5.41 Å². The van der Waals surface area contributed by atoms with Crippen LogP contribution in [0.1, 0.15) is 65.7 Å². The van der Waals surface area contributed by atoms with Gasteiger partial charge in [-0.2, -0.15) is 0 Å². The first-order valence-corrected chi connectivity index (χ1v) is 8.10. The monoisotopic (exact) mass is 254 g/mol. The summed E-state index contributed by atoms with van der Waals surface area (Å²) in [6, 6.07) is 0. The molecule has 0 aromatic heterocycles. The lowest BCUT2D eigenvalue weighted by atomic mass is 9.77. The minimum Gasteiger partial charge on any atom is -0.316 e. The largest absolute Gasteiger partial charge is 0.316 e. The molecule has 1 atom stereocenters. The van der Waals surface area contributed by atoms with Crippen molar-refractivity contribution in [3.8, 4) is 0 Å². The molecule has 1 aliphatic rings. The summed E-state index contributed by atoms with van der Waals surface area (Å²) in [7, 11) is 0. The maximum atomic E-state index is 3.71. The van der Waals surface area contributed by atoms with Gasteiger partial charge in [-0.05, 0) is 50.1 Å². The molecule has 0 amide bonds. The molecule has 1 fully saturated rings. The molecule has 1 unspecified atom stereocenters. The van der Waals surface area contributed by atoms with Gasteiger partial charge in [0.1, 0.15) is 0 Å². The van der Waals surface area contributed by atoms with E-state index in [1.807, 2.05) is 0 Å². The standard InChI is InChI=1S/C16H34N2/c1-4-9-16(10-7-12-18-14-16)13-17-11-6-5-8-15(2)3/h15,17-18H,4-14H2,1-3H3. The van der Waals surface area contributed by atoms with E-state index in [4.69, 9.17) is 0 Å². The number of piperidine rings is 1. The minimum absolute atomic E-state index is 0.547. The van der Waals surface area contributed by atoms with Crippen LogP contribution in [0.15, 0.2) is 0 Å². The Bertz CT molecular complexity index is 190. The third kappa shape index (κ3) is 6.19. The molecule has 0 aromatic rings. The number of hydrogen-bond acceptors (Lipinski definition) is 2. The van der Waals surface area contributed by atoms with Crippen LogP contribution in [-0.4, -0.2) is 26.2 Å². The second kappa shape index (κ2) is 8.92. The molecule has 108 valence electrons. The van der Waals surface area contributed by atoms with Gasteiger partial charge < -0.3 is 10.6 Å². The van der Waals surface area contributed by atoms with E-state index in [1.54, 1.807) is 0 Å². The fourth-order valence-corrected chi connectivity index (χ4v) is 3.17. The lowest BCUT2D eigenvalue weighted by Crippen LogP contribution is -2.46. The van der Waals surface area contributed by atoms with Crippen LogP contribution in [0.2, 0.25) is 0 Å². The third-order valence-electron chi connectivity index (χ3n) is 4.23. The molecule has 0 spiro atoms. The summed E-state index contributed by atoms with van der Waals surface area (Å²) in [6.45, 7) is 11.8. The third-order valence-corrected chi connectivity index (χ3v) is 4.23. The summed E-state index contributed by atoms with van der Waals surface area (Å²) in [5, 5.41) is 7.30. The van der Waals surface area contributed by atoms with Crippen molar-refractivity contribution < 1.29 is 0 Å². The van der Waals surface area contributed by atoms with Crippen molar-refractivity contribution in [1.29, 1.82) is 0 Å². The normalized spacial score (nSPS) is 24.7. The molecular formula is C16H34N2. The van der Waals surface area contributed by atoms with Gasteiger partial charge in [0.25, 0.3) is 0 Å². The smallest absolute Gasteiger partial charge is 0.00200 e. The van der Waals surface area contributed by atoms with Crippen LogP contribution in [0.4, 0.5) is 0 Å². The average Bonchev–Trinajstić information content (AvgIpc) is 2.35. The van der Waals surface area contributed by atoms with Crippen molar-refractivity contribution >= 4 is 0 Å². The Hall–Kier alpha value is -0.0800. The number of rotatable bonds is 9. The Labute approximate surface area is 114 Å². The molecule has 1 heterocycles. The Morgan fingerprint density at radius 2 is 2.11 bits per heavy atom. The van der Waals surface area contributed by atoms with Gasteiger partial charge in [0.2, 0.25) is 0 Å². The van der Waals surface area contributed by atoms with Gasteiger partial charge in [-0.1, -0.05) is 40.0 Å². The van der Waals surface area contributed by atoms with E-state index in [0.717, 1.165) is 5.92 Å². The zero-order valence-electron chi connectivity index (χ0n) is 12.9. The molecule has 2 heteroatoms. The molecule has 18 heavy (non-hydrogen) atoms. The lowest BCUT2D eigenvalue weighted by molar-refractivity contribution is 0.183. The van der Waals surface area contributed by atoms with Gasteiger partial charge in [0.05, 0.1) is 0 Å². The van der Waals surface area contributed by atoms with Crippen molar-refractivity contribution in [2.45, 2.75) is 65.7 Å². The maximum absolute atomic E-state index is 3.71. The summed E-state index contributed by atoms with van der Waals surface area (Å²) >= 11 is 0. The van der Waals surface area contributed by atoms with Gasteiger partial charge in [-0.3, -0.25) is 0 Å². The first kappa shape index (κ1) is 16.0. The van der Waals surface area contributed by atoms with Crippen molar-refractivity contribution in [3.05, 3.63) is 0 Å². The van der Waals surface area contributed by atoms with Crippen molar-refractivity contribution in [2.24, 2.45) is 11.3 Å². The number of nitrogens with one attached hydrogen (secondary N) is 2. The van der Waals surface area contributed by atoms with Crippen molar-refractivity contribution in [2.75, 3.05) is 26.2 Å². The molecule has 2 nitrogen and oxygen atoms in total. The molecule has 0 saturated carbocycles. The molecule has 1 aliphatic heterocycles. The molecule has 0 radical (unpaired) electrons. The average molecular weight is 254 g/mol.